The van der Waals surface area contributed by atoms with E-state index < -0.39 is 23.1 Å². The lowest BCUT2D eigenvalue weighted by Gasteiger charge is -2.13. The van der Waals surface area contributed by atoms with Crippen LogP contribution in [0.1, 0.15) is 56.8 Å². The average Bonchev–Trinajstić information content (AvgIpc) is 2.60. The van der Waals surface area contributed by atoms with Crippen LogP contribution in [0.3, 0.4) is 0 Å². The summed E-state index contributed by atoms with van der Waals surface area (Å²) in [5.41, 5.74) is 1.73. The van der Waals surface area contributed by atoms with E-state index in [0.29, 0.717) is 22.3 Å². The molecule has 2 aromatic carbocycles. The highest BCUT2D eigenvalue weighted by Crippen LogP contribution is 2.31. The first-order valence-electron chi connectivity index (χ1n) is 8.28. The van der Waals surface area contributed by atoms with Crippen LogP contribution in [-0.4, -0.2) is 33.3 Å². The number of hydrogen-bond acceptors (Lipinski definition) is 6. The maximum atomic E-state index is 12.0. The monoisotopic (exact) mass is 368 g/mol. The molecule has 0 unspecified atom stereocenters. The fraction of sp³-hybridized carbons (Fsp3) is 0.238. The molecular weight excluding hydrogens is 348 g/mol. The van der Waals surface area contributed by atoms with Gasteiger partial charge in [-0.3, -0.25) is 19.2 Å². The Morgan fingerprint density at radius 3 is 1.33 bits per heavy atom. The SMILES string of the molecule is CC(=O)C(=O)c1cc(C)c(O)c(Cc2cc(C(=O)C(C)=O)cc(C)c2O)c1. The summed E-state index contributed by atoms with van der Waals surface area (Å²) in [4.78, 5) is 46.7. The van der Waals surface area contributed by atoms with Gasteiger partial charge in [-0.2, -0.15) is 0 Å². The molecule has 0 bridgehead atoms. The lowest BCUT2D eigenvalue weighted by Crippen LogP contribution is -2.11. The van der Waals surface area contributed by atoms with E-state index in [-0.39, 0.29) is 29.0 Å². The van der Waals surface area contributed by atoms with Gasteiger partial charge >= 0.3 is 0 Å². The maximum Gasteiger partial charge on any atom is 0.228 e. The molecule has 2 rings (SSSR count). The molecule has 0 aromatic heterocycles. The Morgan fingerprint density at radius 2 is 1.04 bits per heavy atom. The predicted molar refractivity (Wildman–Crippen MR) is 98.5 cm³/mol. The zero-order valence-corrected chi connectivity index (χ0v) is 15.5. The fourth-order valence-corrected chi connectivity index (χ4v) is 2.85. The van der Waals surface area contributed by atoms with E-state index in [2.05, 4.69) is 0 Å². The molecular formula is C21H20O6. The second-order valence-corrected chi connectivity index (χ2v) is 6.55. The van der Waals surface area contributed by atoms with Gasteiger partial charge in [0.15, 0.2) is 11.6 Å². The molecule has 2 N–H and O–H groups in total. The smallest absolute Gasteiger partial charge is 0.228 e. The number of phenolic OH excluding ortho intramolecular Hbond substituents is 2. The van der Waals surface area contributed by atoms with Gasteiger partial charge in [0.05, 0.1) is 0 Å². The lowest BCUT2D eigenvalue weighted by atomic mass is 9.93. The summed E-state index contributed by atoms with van der Waals surface area (Å²) in [5.74, 6) is -2.76. The van der Waals surface area contributed by atoms with E-state index in [1.54, 1.807) is 13.8 Å². The van der Waals surface area contributed by atoms with Gasteiger partial charge < -0.3 is 10.2 Å². The number of carbonyl (C=O) groups excluding carboxylic acids is 4. The minimum Gasteiger partial charge on any atom is -0.507 e. The summed E-state index contributed by atoms with van der Waals surface area (Å²) in [6.45, 7) is 5.51. The van der Waals surface area contributed by atoms with Crippen LogP contribution in [0.25, 0.3) is 0 Å². The van der Waals surface area contributed by atoms with E-state index >= 15 is 0 Å². The molecule has 0 aliphatic rings. The number of ketones is 4. The molecule has 0 atom stereocenters. The van der Waals surface area contributed by atoms with E-state index in [1.165, 1.54) is 24.3 Å². The molecule has 0 fully saturated rings. The standard InChI is InChI=1S/C21H20O6/c1-10-5-14(20(26)12(3)22)7-16(18(10)24)9-17-8-15(21(27)13(4)23)6-11(2)19(17)25/h5-8,24-25H,9H2,1-4H3. The Kier molecular flexibility index (Phi) is 5.59. The maximum absolute atomic E-state index is 12.0. The Balaban J connectivity index is 2.56. The molecule has 0 aliphatic carbocycles. The first-order chi connectivity index (χ1) is 12.5. The third-order valence-corrected chi connectivity index (χ3v) is 4.30. The minimum atomic E-state index is -0.680. The minimum absolute atomic E-state index is 0.0113. The molecule has 0 aliphatic heterocycles. The summed E-state index contributed by atoms with van der Waals surface area (Å²) in [5, 5.41) is 20.7. The molecule has 0 heterocycles. The number of benzene rings is 2. The summed E-state index contributed by atoms with van der Waals surface area (Å²) in [7, 11) is 0. The van der Waals surface area contributed by atoms with Crippen molar-refractivity contribution in [1.82, 2.24) is 0 Å². The number of phenols is 2. The average molecular weight is 368 g/mol. The van der Waals surface area contributed by atoms with Crippen molar-refractivity contribution in [3.05, 3.63) is 57.6 Å². The molecule has 0 saturated carbocycles. The highest BCUT2D eigenvalue weighted by atomic mass is 16.3. The zero-order valence-electron chi connectivity index (χ0n) is 15.5. The van der Waals surface area contributed by atoms with Crippen LogP contribution in [-0.2, 0) is 16.0 Å². The molecule has 2 aromatic rings. The van der Waals surface area contributed by atoms with Crippen molar-refractivity contribution in [3.63, 3.8) is 0 Å². The van der Waals surface area contributed by atoms with Crippen molar-refractivity contribution in [2.45, 2.75) is 34.1 Å². The molecule has 6 nitrogen and oxygen atoms in total. The lowest BCUT2D eigenvalue weighted by molar-refractivity contribution is -0.113. The van der Waals surface area contributed by atoms with Gasteiger partial charge in [-0.1, -0.05) is 0 Å². The highest BCUT2D eigenvalue weighted by Gasteiger charge is 2.19. The molecule has 0 amide bonds. The van der Waals surface area contributed by atoms with Gasteiger partial charge in [0.25, 0.3) is 0 Å². The third kappa shape index (κ3) is 4.11. The van der Waals surface area contributed by atoms with Crippen molar-refractivity contribution in [2.75, 3.05) is 0 Å². The fourth-order valence-electron chi connectivity index (χ4n) is 2.85. The summed E-state index contributed by atoms with van der Waals surface area (Å²) in [6, 6.07) is 5.62. The number of hydrogen-bond donors (Lipinski definition) is 2. The Hall–Kier alpha value is -3.28. The van der Waals surface area contributed by atoms with E-state index in [9.17, 15) is 29.4 Å². The quantitative estimate of drug-likeness (QED) is 0.599. The van der Waals surface area contributed by atoms with Crippen molar-refractivity contribution < 1.29 is 29.4 Å². The number of aromatic hydroxyl groups is 2. The summed E-state index contributed by atoms with van der Waals surface area (Å²) < 4.78 is 0. The second-order valence-electron chi connectivity index (χ2n) is 6.55. The van der Waals surface area contributed by atoms with Gasteiger partial charge in [-0.15, -0.1) is 0 Å². The Morgan fingerprint density at radius 1 is 0.704 bits per heavy atom. The van der Waals surface area contributed by atoms with Crippen LogP contribution < -0.4 is 0 Å². The van der Waals surface area contributed by atoms with Crippen molar-refractivity contribution >= 4 is 23.1 Å². The molecule has 0 saturated heterocycles. The van der Waals surface area contributed by atoms with Crippen molar-refractivity contribution in [1.29, 1.82) is 0 Å². The molecule has 6 heteroatoms. The second kappa shape index (κ2) is 7.53. The summed E-state index contributed by atoms with van der Waals surface area (Å²) >= 11 is 0. The van der Waals surface area contributed by atoms with Gasteiger partial charge in [0, 0.05) is 31.4 Å². The van der Waals surface area contributed by atoms with Gasteiger partial charge in [0.2, 0.25) is 11.6 Å². The molecule has 27 heavy (non-hydrogen) atoms. The van der Waals surface area contributed by atoms with Crippen LogP contribution in [0.4, 0.5) is 0 Å². The Bertz CT molecular complexity index is 905. The number of Topliss-reactive ketones (excluding diaryl/α,β-unsaturated/α-hetero) is 4. The van der Waals surface area contributed by atoms with Crippen LogP contribution in [0.2, 0.25) is 0 Å². The normalized spacial score (nSPS) is 10.5. The number of rotatable bonds is 6. The van der Waals surface area contributed by atoms with Gasteiger partial charge in [-0.05, 0) is 60.4 Å². The van der Waals surface area contributed by atoms with E-state index in [4.69, 9.17) is 0 Å². The Labute approximate surface area is 156 Å². The molecule has 0 spiro atoms. The van der Waals surface area contributed by atoms with Gasteiger partial charge in [-0.25, -0.2) is 0 Å². The van der Waals surface area contributed by atoms with E-state index in [0.717, 1.165) is 13.8 Å². The van der Waals surface area contributed by atoms with E-state index in [1.807, 2.05) is 0 Å². The first kappa shape index (κ1) is 20.0. The van der Waals surface area contributed by atoms with Gasteiger partial charge in [0.1, 0.15) is 11.5 Å². The highest BCUT2D eigenvalue weighted by molar-refractivity contribution is 6.43. The largest absolute Gasteiger partial charge is 0.507 e. The van der Waals surface area contributed by atoms with Crippen molar-refractivity contribution in [2.24, 2.45) is 0 Å². The third-order valence-electron chi connectivity index (χ3n) is 4.30. The number of carbonyl (C=O) groups is 4. The van der Waals surface area contributed by atoms with Crippen LogP contribution in [0.5, 0.6) is 11.5 Å². The zero-order chi connectivity index (χ0) is 20.5. The number of aryl methyl sites for hydroxylation is 2. The summed E-state index contributed by atoms with van der Waals surface area (Å²) in [6.07, 6.45) is 0.0113. The molecule has 140 valence electrons. The van der Waals surface area contributed by atoms with Crippen LogP contribution >= 0.6 is 0 Å². The van der Waals surface area contributed by atoms with Crippen LogP contribution in [0, 0.1) is 13.8 Å². The van der Waals surface area contributed by atoms with Crippen LogP contribution in [0.15, 0.2) is 24.3 Å². The first-order valence-corrected chi connectivity index (χ1v) is 8.28. The molecule has 0 radical (unpaired) electrons. The predicted octanol–water partition coefficient (Wildman–Crippen LogP) is 2.85. The topological polar surface area (TPSA) is 109 Å². The van der Waals surface area contributed by atoms with Crippen molar-refractivity contribution in [3.8, 4) is 11.5 Å².